The third kappa shape index (κ3) is 3.06. The number of nitrogens with zero attached hydrogens (tertiary/aromatic N) is 2. The highest BCUT2D eigenvalue weighted by Gasteiger charge is 2.48. The number of carbonyl (C=O) groups excluding carboxylic acids is 3. The van der Waals surface area contributed by atoms with Gasteiger partial charge in [-0.25, -0.2) is 9.69 Å². The number of aryl methyl sites for hydroxylation is 1. The van der Waals surface area contributed by atoms with Gasteiger partial charge in [-0.2, -0.15) is 0 Å². The molecule has 1 aromatic heterocycles. The largest absolute Gasteiger partial charge is 0.427 e. The van der Waals surface area contributed by atoms with Crippen molar-refractivity contribution >= 4 is 35.1 Å². The Labute approximate surface area is 190 Å². The van der Waals surface area contributed by atoms with Gasteiger partial charge < -0.3 is 9.30 Å². The Morgan fingerprint density at radius 1 is 1.09 bits per heavy atom. The number of aromatic nitrogens is 1. The standard InChI is InChI=1S/C25H21ClN2O4/c1-14-11-12-19(17(26)13-14)28-24(30)23(32-25(28)31)22(29)20-16-9-6-10-18(16)27(2)21(20)15-7-4-3-5-8-15/h3-5,7-8,11-13,23H,6,9-10H2,1-2H3. The summed E-state index contributed by atoms with van der Waals surface area (Å²) in [6.45, 7) is 1.85. The van der Waals surface area contributed by atoms with E-state index in [0.29, 0.717) is 5.56 Å². The summed E-state index contributed by atoms with van der Waals surface area (Å²) in [5.41, 5.74) is 5.21. The number of fused-ring (bicyclic) bond motifs is 1. The Bertz CT molecular complexity index is 1280. The van der Waals surface area contributed by atoms with Crippen molar-refractivity contribution in [1.29, 1.82) is 0 Å². The molecule has 1 aliphatic carbocycles. The van der Waals surface area contributed by atoms with Gasteiger partial charge >= 0.3 is 6.09 Å². The second-order valence-corrected chi connectivity index (χ2v) is 8.59. The van der Waals surface area contributed by atoms with Gasteiger partial charge in [0.1, 0.15) is 0 Å². The molecule has 5 rings (SSSR count). The quantitative estimate of drug-likeness (QED) is 0.421. The van der Waals surface area contributed by atoms with E-state index in [1.54, 1.807) is 18.2 Å². The van der Waals surface area contributed by atoms with E-state index in [4.69, 9.17) is 16.3 Å². The van der Waals surface area contributed by atoms with Gasteiger partial charge in [0, 0.05) is 12.7 Å². The number of halogens is 1. The zero-order valence-corrected chi connectivity index (χ0v) is 18.5. The SMILES string of the molecule is Cc1ccc(N2C(=O)OC(C(=O)c3c4c(n(C)c3-c3ccccc3)CCC4)C2=O)c(Cl)c1. The van der Waals surface area contributed by atoms with Crippen LogP contribution in [0.5, 0.6) is 0 Å². The summed E-state index contributed by atoms with van der Waals surface area (Å²) in [5, 5.41) is 0.244. The third-order valence-corrected chi connectivity index (χ3v) is 6.49. The molecule has 1 fully saturated rings. The molecule has 0 spiro atoms. The summed E-state index contributed by atoms with van der Waals surface area (Å²) < 4.78 is 7.35. The second-order valence-electron chi connectivity index (χ2n) is 8.18. The molecule has 0 N–H and O–H groups in total. The molecule has 2 amide bonds. The molecule has 3 aromatic rings. The van der Waals surface area contributed by atoms with Gasteiger partial charge in [0.15, 0.2) is 0 Å². The monoisotopic (exact) mass is 448 g/mol. The normalized spacial score (nSPS) is 17.6. The zero-order valence-electron chi connectivity index (χ0n) is 17.7. The van der Waals surface area contributed by atoms with Crippen LogP contribution < -0.4 is 4.90 Å². The molecule has 2 aliphatic rings. The number of hydrogen-bond donors (Lipinski definition) is 0. The van der Waals surface area contributed by atoms with Crippen LogP contribution in [0.15, 0.2) is 48.5 Å². The first kappa shape index (κ1) is 20.5. The van der Waals surface area contributed by atoms with E-state index in [1.165, 1.54) is 0 Å². The average molecular weight is 449 g/mol. The first-order chi connectivity index (χ1) is 15.4. The molecule has 1 aliphatic heterocycles. The lowest BCUT2D eigenvalue weighted by Crippen LogP contribution is -2.35. The summed E-state index contributed by atoms with van der Waals surface area (Å²) >= 11 is 6.28. The minimum absolute atomic E-state index is 0.212. The van der Waals surface area contributed by atoms with Crippen LogP contribution in [0.25, 0.3) is 11.3 Å². The van der Waals surface area contributed by atoms with Crippen LogP contribution in [0.2, 0.25) is 5.02 Å². The number of ether oxygens (including phenoxy) is 1. The Morgan fingerprint density at radius 3 is 2.56 bits per heavy atom. The summed E-state index contributed by atoms with van der Waals surface area (Å²) in [4.78, 5) is 40.4. The predicted molar refractivity (Wildman–Crippen MR) is 121 cm³/mol. The van der Waals surface area contributed by atoms with Crippen LogP contribution in [0.3, 0.4) is 0 Å². The highest BCUT2D eigenvalue weighted by molar-refractivity contribution is 6.37. The predicted octanol–water partition coefficient (Wildman–Crippen LogP) is 4.88. The first-order valence-electron chi connectivity index (χ1n) is 10.5. The van der Waals surface area contributed by atoms with Crippen molar-refractivity contribution in [1.82, 2.24) is 4.57 Å². The molecule has 162 valence electrons. The van der Waals surface area contributed by atoms with Crippen LogP contribution >= 0.6 is 11.6 Å². The number of amides is 2. The highest BCUT2D eigenvalue weighted by Crippen LogP contribution is 2.38. The molecule has 0 saturated carbocycles. The molecule has 2 aromatic carbocycles. The molecule has 32 heavy (non-hydrogen) atoms. The van der Waals surface area contributed by atoms with E-state index in [2.05, 4.69) is 0 Å². The lowest BCUT2D eigenvalue weighted by molar-refractivity contribution is -0.120. The Balaban J connectivity index is 1.58. The first-order valence-corrected chi connectivity index (χ1v) is 10.9. The van der Waals surface area contributed by atoms with Gasteiger partial charge in [-0.1, -0.05) is 48.0 Å². The molecule has 6 nitrogen and oxygen atoms in total. The van der Waals surface area contributed by atoms with Gasteiger partial charge in [0.2, 0.25) is 11.9 Å². The molecule has 0 bridgehead atoms. The van der Waals surface area contributed by atoms with Crippen molar-refractivity contribution in [2.75, 3.05) is 4.90 Å². The fourth-order valence-electron chi connectivity index (χ4n) is 4.73. The van der Waals surface area contributed by atoms with Crippen LogP contribution in [0, 0.1) is 6.92 Å². The molecule has 1 atom stereocenters. The number of anilines is 1. The molecule has 1 unspecified atom stereocenters. The van der Waals surface area contributed by atoms with Gasteiger partial charge in [-0.05, 0) is 55.0 Å². The lowest BCUT2D eigenvalue weighted by atomic mass is 9.96. The number of rotatable bonds is 4. The Kier molecular flexibility index (Phi) is 4.90. The van der Waals surface area contributed by atoms with Crippen molar-refractivity contribution < 1.29 is 19.1 Å². The van der Waals surface area contributed by atoms with E-state index in [9.17, 15) is 14.4 Å². The van der Waals surface area contributed by atoms with E-state index in [1.807, 2.05) is 48.9 Å². The molecular weight excluding hydrogens is 428 g/mol. The van der Waals surface area contributed by atoms with Gasteiger partial charge in [0.05, 0.1) is 22.0 Å². The molecule has 7 heteroatoms. The maximum absolute atomic E-state index is 13.7. The lowest BCUT2D eigenvalue weighted by Gasteiger charge is -2.14. The summed E-state index contributed by atoms with van der Waals surface area (Å²) in [6.07, 6.45) is 0.126. The number of ketones is 1. The number of imide groups is 1. The minimum Gasteiger partial charge on any atom is -0.427 e. The maximum atomic E-state index is 13.7. The number of cyclic esters (lactones) is 1. The minimum atomic E-state index is -1.53. The number of Topliss-reactive ketones (excluding diaryl/α,β-unsaturated/α-hetero) is 1. The van der Waals surface area contributed by atoms with Crippen LogP contribution in [0.4, 0.5) is 10.5 Å². The van der Waals surface area contributed by atoms with E-state index < -0.39 is 23.9 Å². The number of benzene rings is 2. The molecule has 0 radical (unpaired) electrons. The third-order valence-electron chi connectivity index (χ3n) is 6.19. The van der Waals surface area contributed by atoms with E-state index in [-0.39, 0.29) is 10.7 Å². The number of hydrogen-bond acceptors (Lipinski definition) is 4. The van der Waals surface area contributed by atoms with Gasteiger partial charge in [0.25, 0.3) is 5.91 Å². The van der Waals surface area contributed by atoms with Gasteiger partial charge in [-0.3, -0.25) is 9.59 Å². The van der Waals surface area contributed by atoms with Crippen molar-refractivity contribution in [3.63, 3.8) is 0 Å². The smallest absolute Gasteiger partial charge is 0.422 e. The fourth-order valence-corrected chi connectivity index (χ4v) is 5.05. The van der Waals surface area contributed by atoms with Crippen molar-refractivity contribution in [2.24, 2.45) is 7.05 Å². The topological polar surface area (TPSA) is 68.6 Å². The van der Waals surface area contributed by atoms with Crippen LogP contribution in [-0.2, 0) is 29.4 Å². The van der Waals surface area contributed by atoms with Crippen LogP contribution in [-0.4, -0.2) is 28.5 Å². The fraction of sp³-hybridized carbons (Fsp3) is 0.240. The van der Waals surface area contributed by atoms with Gasteiger partial charge in [-0.15, -0.1) is 0 Å². The molecular formula is C25H21ClN2O4. The average Bonchev–Trinajstić information content (AvgIpc) is 3.43. The maximum Gasteiger partial charge on any atom is 0.422 e. The Morgan fingerprint density at radius 2 is 1.84 bits per heavy atom. The second kappa shape index (κ2) is 7.64. The molecule has 2 heterocycles. The summed E-state index contributed by atoms with van der Waals surface area (Å²) in [7, 11) is 1.93. The summed E-state index contributed by atoms with van der Waals surface area (Å²) in [6, 6.07) is 14.6. The van der Waals surface area contributed by atoms with E-state index >= 15 is 0 Å². The number of carbonyl (C=O) groups is 3. The summed E-state index contributed by atoms with van der Waals surface area (Å²) in [5.74, 6) is -1.22. The zero-order chi connectivity index (χ0) is 22.6. The van der Waals surface area contributed by atoms with Crippen molar-refractivity contribution in [3.8, 4) is 11.3 Å². The van der Waals surface area contributed by atoms with Crippen molar-refractivity contribution in [3.05, 3.63) is 75.9 Å². The van der Waals surface area contributed by atoms with E-state index in [0.717, 1.165) is 52.2 Å². The highest BCUT2D eigenvalue weighted by atomic mass is 35.5. The van der Waals surface area contributed by atoms with Crippen molar-refractivity contribution in [2.45, 2.75) is 32.3 Å². The van der Waals surface area contributed by atoms with Crippen LogP contribution in [0.1, 0.15) is 33.6 Å². The Hall–Kier alpha value is -3.38. The molecule has 1 saturated heterocycles.